The van der Waals surface area contributed by atoms with E-state index in [1.807, 2.05) is 31.2 Å². The molecule has 1 aromatic carbocycles. The summed E-state index contributed by atoms with van der Waals surface area (Å²) in [6.45, 7) is 5.88. The second-order valence-corrected chi connectivity index (χ2v) is 10.6. The summed E-state index contributed by atoms with van der Waals surface area (Å²) >= 11 is 2.79. The minimum absolute atomic E-state index is 0.0902. The first-order valence-electron chi connectivity index (χ1n) is 11.3. The summed E-state index contributed by atoms with van der Waals surface area (Å²) in [7, 11) is 0. The minimum Gasteiger partial charge on any atom is -0.338 e. The number of carbonyl (C=O) groups is 2. The Balaban J connectivity index is 1.82. The molecule has 9 heteroatoms. The Hall–Kier alpha value is -2.65. The van der Waals surface area contributed by atoms with E-state index in [0.29, 0.717) is 17.1 Å². The predicted molar refractivity (Wildman–Crippen MR) is 134 cm³/mol. The molecule has 3 amide bonds. The number of carbonyl (C=O) groups excluding carboxylic acids is 2. The van der Waals surface area contributed by atoms with Crippen LogP contribution in [-0.2, 0) is 17.6 Å². The van der Waals surface area contributed by atoms with Gasteiger partial charge in [-0.25, -0.2) is 9.78 Å². The average molecular weight is 485 g/mol. The molecule has 0 bridgehead atoms. The maximum absolute atomic E-state index is 13.9. The van der Waals surface area contributed by atoms with E-state index in [-0.39, 0.29) is 5.56 Å². The van der Waals surface area contributed by atoms with Crippen molar-refractivity contribution in [3.05, 3.63) is 50.6 Å². The van der Waals surface area contributed by atoms with Crippen LogP contribution in [-0.4, -0.2) is 33.3 Å². The van der Waals surface area contributed by atoms with E-state index in [9.17, 15) is 14.4 Å². The lowest BCUT2D eigenvalue weighted by Gasteiger charge is -2.17. The number of amides is 3. The highest BCUT2D eigenvalue weighted by Crippen LogP contribution is 2.35. The molecule has 0 aliphatic heterocycles. The van der Waals surface area contributed by atoms with Crippen molar-refractivity contribution in [2.24, 2.45) is 0 Å². The molecule has 3 aromatic rings. The Morgan fingerprint density at radius 1 is 1.21 bits per heavy atom. The number of benzene rings is 1. The zero-order valence-corrected chi connectivity index (χ0v) is 20.7. The van der Waals surface area contributed by atoms with Crippen LogP contribution in [0.4, 0.5) is 4.79 Å². The first kappa shape index (κ1) is 23.5. The van der Waals surface area contributed by atoms with E-state index >= 15 is 0 Å². The fraction of sp³-hybridized carbons (Fsp3) is 0.417. The summed E-state index contributed by atoms with van der Waals surface area (Å²) in [6, 6.07) is 7.16. The smallest absolute Gasteiger partial charge is 0.321 e. The monoisotopic (exact) mass is 484 g/mol. The van der Waals surface area contributed by atoms with E-state index in [1.54, 1.807) is 29.8 Å². The third-order valence-corrected chi connectivity index (χ3v) is 8.03. The van der Waals surface area contributed by atoms with Crippen LogP contribution in [0.5, 0.6) is 0 Å². The normalized spacial score (nSPS) is 14.4. The van der Waals surface area contributed by atoms with Crippen LogP contribution in [0.15, 0.2) is 34.2 Å². The maximum Gasteiger partial charge on any atom is 0.321 e. The zero-order chi connectivity index (χ0) is 23.5. The SMILES string of the molecule is CCNC(=O)NC(=O)C(C)Sc1nc2sc3c(c2c(=O)n1-c1ccccc1C)CCCCC3. The highest BCUT2D eigenvalue weighted by atomic mass is 32.2. The van der Waals surface area contributed by atoms with E-state index in [4.69, 9.17) is 4.98 Å². The van der Waals surface area contributed by atoms with E-state index < -0.39 is 17.2 Å². The minimum atomic E-state index is -0.620. The summed E-state index contributed by atoms with van der Waals surface area (Å²) in [5, 5.41) is 5.45. The van der Waals surface area contributed by atoms with Crippen LogP contribution < -0.4 is 16.2 Å². The van der Waals surface area contributed by atoms with Crippen molar-refractivity contribution in [2.45, 2.75) is 63.3 Å². The van der Waals surface area contributed by atoms with Gasteiger partial charge in [-0.1, -0.05) is 36.4 Å². The molecular weight excluding hydrogens is 456 g/mol. The molecule has 2 aromatic heterocycles. The molecule has 0 spiro atoms. The first-order chi connectivity index (χ1) is 15.9. The largest absolute Gasteiger partial charge is 0.338 e. The van der Waals surface area contributed by atoms with Crippen LogP contribution >= 0.6 is 23.1 Å². The van der Waals surface area contributed by atoms with Gasteiger partial charge in [0.2, 0.25) is 5.91 Å². The molecule has 0 radical (unpaired) electrons. The molecule has 0 saturated carbocycles. The lowest BCUT2D eigenvalue weighted by molar-refractivity contribution is -0.119. The number of aryl methyl sites for hydroxylation is 3. The first-order valence-corrected chi connectivity index (χ1v) is 13.0. The number of thioether (sulfide) groups is 1. The lowest BCUT2D eigenvalue weighted by Crippen LogP contribution is -2.42. The Kier molecular flexibility index (Phi) is 7.19. The van der Waals surface area contributed by atoms with Gasteiger partial charge in [-0.2, -0.15) is 0 Å². The molecule has 7 nitrogen and oxygen atoms in total. The molecule has 2 N–H and O–H groups in total. The molecule has 1 atom stereocenters. The number of imide groups is 1. The Morgan fingerprint density at radius 3 is 2.73 bits per heavy atom. The van der Waals surface area contributed by atoms with Gasteiger partial charge in [0.05, 0.1) is 16.3 Å². The van der Waals surface area contributed by atoms with Crippen molar-refractivity contribution in [1.29, 1.82) is 0 Å². The van der Waals surface area contributed by atoms with Gasteiger partial charge in [0, 0.05) is 11.4 Å². The number of fused-ring (bicyclic) bond motifs is 3. The van der Waals surface area contributed by atoms with Gasteiger partial charge < -0.3 is 5.32 Å². The van der Waals surface area contributed by atoms with Crippen molar-refractivity contribution in [3.63, 3.8) is 0 Å². The highest BCUT2D eigenvalue weighted by Gasteiger charge is 2.25. The van der Waals surface area contributed by atoms with Crippen molar-refractivity contribution >= 4 is 45.3 Å². The summed E-state index contributed by atoms with van der Waals surface area (Å²) in [5.74, 6) is -0.432. The topological polar surface area (TPSA) is 93.1 Å². The van der Waals surface area contributed by atoms with Crippen molar-refractivity contribution in [3.8, 4) is 5.69 Å². The summed E-state index contributed by atoms with van der Waals surface area (Å²) in [5.41, 5.74) is 2.76. The number of nitrogens with zero attached hydrogens (tertiary/aromatic N) is 2. The van der Waals surface area contributed by atoms with Crippen LogP contribution in [0.2, 0.25) is 0 Å². The summed E-state index contributed by atoms with van der Waals surface area (Å²) < 4.78 is 1.64. The van der Waals surface area contributed by atoms with E-state index in [1.165, 1.54) is 23.1 Å². The van der Waals surface area contributed by atoms with Crippen LogP contribution in [0.3, 0.4) is 0 Å². The molecule has 0 fully saturated rings. The van der Waals surface area contributed by atoms with Crippen molar-refractivity contribution in [1.82, 2.24) is 20.2 Å². The zero-order valence-electron chi connectivity index (χ0n) is 19.1. The molecular formula is C24H28N4O3S2. The molecule has 0 saturated heterocycles. The lowest BCUT2D eigenvalue weighted by atomic mass is 10.1. The Bertz CT molecular complexity index is 1260. The van der Waals surface area contributed by atoms with Crippen molar-refractivity contribution < 1.29 is 9.59 Å². The third kappa shape index (κ3) is 4.84. The standard InChI is InChI=1S/C24H28N4O3S2/c1-4-25-23(31)26-20(29)15(3)32-24-27-21-19(16-11-6-5-7-13-18(16)33-21)22(30)28(24)17-12-9-8-10-14(17)2/h8-10,12,15H,4-7,11,13H2,1-3H3,(H2,25,26,29,31). The highest BCUT2D eigenvalue weighted by molar-refractivity contribution is 8.00. The number of hydrogen-bond donors (Lipinski definition) is 2. The number of aromatic nitrogens is 2. The van der Waals surface area contributed by atoms with Crippen LogP contribution in [0.1, 0.15) is 49.1 Å². The number of nitrogens with one attached hydrogen (secondary N) is 2. The van der Waals surface area contributed by atoms with Gasteiger partial charge in [-0.05, 0) is 63.6 Å². The number of thiophene rings is 1. The molecule has 4 rings (SSSR count). The second-order valence-electron chi connectivity index (χ2n) is 8.17. The quantitative estimate of drug-likeness (QED) is 0.319. The van der Waals surface area contributed by atoms with E-state index in [0.717, 1.165) is 47.3 Å². The van der Waals surface area contributed by atoms with Gasteiger partial charge in [0.15, 0.2) is 5.16 Å². The molecule has 1 unspecified atom stereocenters. The summed E-state index contributed by atoms with van der Waals surface area (Å²) in [6.07, 6.45) is 5.26. The van der Waals surface area contributed by atoms with Gasteiger partial charge in [0.1, 0.15) is 4.83 Å². The molecule has 174 valence electrons. The number of para-hydroxylation sites is 1. The van der Waals surface area contributed by atoms with Gasteiger partial charge in [-0.15, -0.1) is 11.3 Å². The predicted octanol–water partition coefficient (Wildman–Crippen LogP) is 4.35. The molecule has 1 aliphatic carbocycles. The fourth-order valence-corrected chi connectivity index (χ4v) is 6.32. The van der Waals surface area contributed by atoms with E-state index in [2.05, 4.69) is 10.6 Å². The van der Waals surface area contributed by atoms with Gasteiger partial charge in [0.25, 0.3) is 5.56 Å². The van der Waals surface area contributed by atoms with Crippen LogP contribution in [0.25, 0.3) is 15.9 Å². The number of rotatable bonds is 5. The van der Waals surface area contributed by atoms with Gasteiger partial charge in [-0.3, -0.25) is 19.5 Å². The second kappa shape index (κ2) is 10.1. The molecule has 33 heavy (non-hydrogen) atoms. The molecule has 1 aliphatic rings. The van der Waals surface area contributed by atoms with Gasteiger partial charge >= 0.3 is 6.03 Å². The third-order valence-electron chi connectivity index (χ3n) is 5.79. The number of hydrogen-bond acceptors (Lipinski definition) is 6. The fourth-order valence-electron chi connectivity index (χ4n) is 4.10. The number of urea groups is 1. The average Bonchev–Trinajstić information content (AvgIpc) is 2.96. The Morgan fingerprint density at radius 2 is 1.97 bits per heavy atom. The Labute approximate surface area is 201 Å². The maximum atomic E-state index is 13.9. The van der Waals surface area contributed by atoms with Crippen LogP contribution in [0, 0.1) is 6.92 Å². The molecule has 2 heterocycles. The summed E-state index contributed by atoms with van der Waals surface area (Å²) in [4.78, 5) is 45.2. The van der Waals surface area contributed by atoms with Crippen molar-refractivity contribution in [2.75, 3.05) is 6.54 Å².